The summed E-state index contributed by atoms with van der Waals surface area (Å²) in [6, 6.07) is 3.92. The van der Waals surface area contributed by atoms with E-state index < -0.39 is 8.32 Å². The Labute approximate surface area is 141 Å². The Hall–Kier alpha value is -0.763. The molecular formula is C15H24INO3Si. The van der Waals surface area contributed by atoms with E-state index in [1.165, 1.54) is 0 Å². The fraction of sp³-hybridized carbons (Fsp3) is 0.533. The lowest BCUT2D eigenvalue weighted by Gasteiger charge is -2.37. The molecular weight excluding hydrogens is 397 g/mol. The van der Waals surface area contributed by atoms with Crippen molar-refractivity contribution >= 4 is 37.3 Å². The van der Waals surface area contributed by atoms with Gasteiger partial charge in [0.1, 0.15) is 5.75 Å². The Morgan fingerprint density at radius 2 is 1.90 bits per heavy atom. The monoisotopic (exact) mass is 421 g/mol. The van der Waals surface area contributed by atoms with Gasteiger partial charge in [0.25, 0.3) is 8.32 Å². The van der Waals surface area contributed by atoms with E-state index in [0.717, 1.165) is 14.9 Å². The smallest absolute Gasteiger partial charge is 0.250 e. The minimum atomic E-state index is -1.91. The first-order valence-electron chi connectivity index (χ1n) is 6.85. The predicted molar refractivity (Wildman–Crippen MR) is 96.4 cm³/mol. The molecule has 1 aromatic carbocycles. The fourth-order valence-corrected chi connectivity index (χ4v) is 3.18. The van der Waals surface area contributed by atoms with Crippen LogP contribution in [0, 0.1) is 3.57 Å². The Morgan fingerprint density at radius 3 is 2.38 bits per heavy atom. The fourth-order valence-electron chi connectivity index (χ4n) is 1.53. The zero-order chi connectivity index (χ0) is 16.3. The summed E-state index contributed by atoms with van der Waals surface area (Å²) in [6.45, 7) is 11.5. The van der Waals surface area contributed by atoms with Gasteiger partial charge in [0.2, 0.25) is 6.41 Å². The summed E-state index contributed by atoms with van der Waals surface area (Å²) in [6.07, 6.45) is 0.697. The van der Waals surface area contributed by atoms with E-state index in [1.54, 1.807) is 7.11 Å². The van der Waals surface area contributed by atoms with E-state index in [2.05, 4.69) is 61.8 Å². The summed E-state index contributed by atoms with van der Waals surface area (Å²) < 4.78 is 12.9. The molecule has 0 unspecified atom stereocenters. The lowest BCUT2D eigenvalue weighted by atomic mass is 10.2. The molecule has 118 valence electrons. The van der Waals surface area contributed by atoms with Crippen molar-refractivity contribution in [3.8, 4) is 11.5 Å². The maximum absolute atomic E-state index is 10.4. The van der Waals surface area contributed by atoms with Crippen LogP contribution in [0.4, 0.5) is 0 Å². The third kappa shape index (κ3) is 4.60. The summed E-state index contributed by atoms with van der Waals surface area (Å²) in [4.78, 5) is 10.4. The van der Waals surface area contributed by atoms with Gasteiger partial charge in [0, 0.05) is 10.1 Å². The minimum Gasteiger partial charge on any atom is -0.541 e. The van der Waals surface area contributed by atoms with E-state index in [1.807, 2.05) is 12.1 Å². The summed E-state index contributed by atoms with van der Waals surface area (Å²) in [5, 5.41) is 2.80. The second kappa shape index (κ2) is 7.00. The first kappa shape index (κ1) is 18.3. The van der Waals surface area contributed by atoms with Crippen LogP contribution in [-0.4, -0.2) is 21.8 Å². The second-order valence-corrected chi connectivity index (χ2v) is 12.3. The van der Waals surface area contributed by atoms with Gasteiger partial charge in [-0.2, -0.15) is 0 Å². The molecule has 0 spiro atoms. The summed E-state index contributed by atoms with van der Waals surface area (Å²) in [5.41, 5.74) is 1.02. The topological polar surface area (TPSA) is 47.6 Å². The number of benzene rings is 1. The van der Waals surface area contributed by atoms with Crippen molar-refractivity contribution in [2.75, 3.05) is 7.11 Å². The van der Waals surface area contributed by atoms with Crippen LogP contribution in [0.2, 0.25) is 18.1 Å². The Balaban J connectivity index is 3.14. The highest BCUT2D eigenvalue weighted by Crippen LogP contribution is 2.41. The van der Waals surface area contributed by atoms with Crippen LogP contribution in [0.25, 0.3) is 0 Å². The average Bonchev–Trinajstić information content (AvgIpc) is 2.36. The highest BCUT2D eigenvalue weighted by molar-refractivity contribution is 14.1. The Bertz CT molecular complexity index is 512. The van der Waals surface area contributed by atoms with E-state index in [4.69, 9.17) is 9.16 Å². The van der Waals surface area contributed by atoms with Gasteiger partial charge >= 0.3 is 0 Å². The number of rotatable bonds is 6. The summed E-state index contributed by atoms with van der Waals surface area (Å²) in [7, 11) is -0.278. The van der Waals surface area contributed by atoms with Gasteiger partial charge in [0.15, 0.2) is 5.75 Å². The van der Waals surface area contributed by atoms with Crippen LogP contribution < -0.4 is 14.5 Å². The first-order chi connectivity index (χ1) is 9.62. The molecule has 0 atom stereocenters. The normalized spacial score (nSPS) is 12.0. The molecule has 0 aliphatic heterocycles. The molecule has 1 aromatic rings. The molecule has 0 radical (unpaired) electrons. The lowest BCUT2D eigenvalue weighted by Crippen LogP contribution is -2.44. The van der Waals surface area contributed by atoms with Crippen LogP contribution in [0.15, 0.2) is 12.1 Å². The first-order valence-corrected chi connectivity index (χ1v) is 10.8. The zero-order valence-electron chi connectivity index (χ0n) is 13.5. The molecule has 0 fully saturated rings. The number of methoxy groups -OCH3 is 1. The summed E-state index contributed by atoms with van der Waals surface area (Å²) >= 11 is 2.26. The number of carbonyl (C=O) groups is 1. The molecule has 1 rings (SSSR count). The second-order valence-electron chi connectivity index (χ2n) is 6.46. The van der Waals surface area contributed by atoms with E-state index in [9.17, 15) is 4.79 Å². The average molecular weight is 421 g/mol. The van der Waals surface area contributed by atoms with Crippen molar-refractivity contribution < 1.29 is 14.0 Å². The van der Waals surface area contributed by atoms with Gasteiger partial charge in [-0.1, -0.05) is 20.8 Å². The van der Waals surface area contributed by atoms with E-state index in [-0.39, 0.29) is 5.04 Å². The highest BCUT2D eigenvalue weighted by atomic mass is 127. The van der Waals surface area contributed by atoms with Gasteiger partial charge in [-0.25, -0.2) is 0 Å². The number of ether oxygens (including phenoxy) is 1. The van der Waals surface area contributed by atoms with Crippen molar-refractivity contribution in [3.05, 3.63) is 21.3 Å². The highest BCUT2D eigenvalue weighted by Gasteiger charge is 2.39. The molecule has 1 N–H and O–H groups in total. The van der Waals surface area contributed by atoms with Gasteiger partial charge in [0.05, 0.1) is 7.11 Å². The Morgan fingerprint density at radius 1 is 1.29 bits per heavy atom. The third-order valence-corrected chi connectivity index (χ3v) is 9.23. The SMILES string of the molecule is COc1cc(CNC=O)c(I)cc1O[Si](C)(C)C(C)(C)C. The largest absolute Gasteiger partial charge is 0.541 e. The molecule has 1 amide bonds. The molecule has 0 saturated carbocycles. The molecule has 21 heavy (non-hydrogen) atoms. The van der Waals surface area contributed by atoms with Crippen LogP contribution in [0.1, 0.15) is 26.3 Å². The number of halogens is 1. The predicted octanol–water partition coefficient (Wildman–Crippen LogP) is 3.93. The quantitative estimate of drug-likeness (QED) is 0.430. The van der Waals surface area contributed by atoms with Crippen LogP contribution in [-0.2, 0) is 11.3 Å². The zero-order valence-corrected chi connectivity index (χ0v) is 16.7. The third-order valence-electron chi connectivity index (χ3n) is 3.88. The molecule has 0 aliphatic carbocycles. The molecule has 6 heteroatoms. The van der Waals surface area contributed by atoms with Crippen LogP contribution >= 0.6 is 22.6 Å². The maximum atomic E-state index is 10.4. The molecule has 0 bridgehead atoms. The lowest BCUT2D eigenvalue weighted by molar-refractivity contribution is -0.109. The van der Waals surface area contributed by atoms with Crippen molar-refractivity contribution in [3.63, 3.8) is 0 Å². The van der Waals surface area contributed by atoms with E-state index in [0.29, 0.717) is 18.7 Å². The standard InChI is InChI=1S/C15H24INO3Si/c1-15(2,3)21(5,6)20-14-8-12(16)11(9-17-10-18)7-13(14)19-4/h7-8,10H,9H2,1-6H3,(H,17,18). The number of amides is 1. The van der Waals surface area contributed by atoms with Gasteiger partial charge in [-0.3, -0.25) is 4.79 Å². The van der Waals surface area contributed by atoms with Crippen molar-refractivity contribution in [1.29, 1.82) is 0 Å². The van der Waals surface area contributed by atoms with Crippen molar-refractivity contribution in [2.45, 2.75) is 45.4 Å². The van der Waals surface area contributed by atoms with Crippen molar-refractivity contribution in [1.82, 2.24) is 5.32 Å². The van der Waals surface area contributed by atoms with Gasteiger partial charge in [-0.05, 0) is 58.4 Å². The molecule has 0 saturated heterocycles. The van der Waals surface area contributed by atoms with Crippen molar-refractivity contribution in [2.24, 2.45) is 0 Å². The molecule has 0 aliphatic rings. The van der Waals surface area contributed by atoms with Gasteiger partial charge in [-0.15, -0.1) is 0 Å². The van der Waals surface area contributed by atoms with Crippen LogP contribution in [0.5, 0.6) is 11.5 Å². The van der Waals surface area contributed by atoms with Crippen LogP contribution in [0.3, 0.4) is 0 Å². The number of carbonyl (C=O) groups excluding carboxylic acids is 1. The molecule has 0 heterocycles. The van der Waals surface area contributed by atoms with E-state index >= 15 is 0 Å². The Kier molecular flexibility index (Phi) is 6.09. The number of hydrogen-bond donors (Lipinski definition) is 1. The number of nitrogens with one attached hydrogen (secondary N) is 1. The molecule has 4 nitrogen and oxygen atoms in total. The maximum Gasteiger partial charge on any atom is 0.250 e. The molecule has 0 aromatic heterocycles. The van der Waals surface area contributed by atoms with Gasteiger partial charge < -0.3 is 14.5 Å². The summed E-state index contributed by atoms with van der Waals surface area (Å²) in [5.74, 6) is 1.49. The minimum absolute atomic E-state index is 0.126. The number of hydrogen-bond acceptors (Lipinski definition) is 3.